The molecule has 0 amide bonds. The van der Waals surface area contributed by atoms with E-state index in [0.29, 0.717) is 18.4 Å². The van der Waals surface area contributed by atoms with Gasteiger partial charge in [0.05, 0.1) is 6.54 Å². The number of oxime groups is 1. The molecule has 0 aromatic carbocycles. The summed E-state index contributed by atoms with van der Waals surface area (Å²) in [5.74, 6) is 1.22. The van der Waals surface area contributed by atoms with E-state index in [0.717, 1.165) is 12.5 Å². The van der Waals surface area contributed by atoms with Crippen LogP contribution in [0.4, 0.5) is 0 Å². The highest BCUT2D eigenvalue weighted by Crippen LogP contribution is 2.32. The maximum atomic E-state index is 8.61. The van der Waals surface area contributed by atoms with Crippen molar-refractivity contribution >= 4 is 5.84 Å². The Bertz CT molecular complexity index is 232. The summed E-state index contributed by atoms with van der Waals surface area (Å²) in [6.45, 7) is 1.78. The van der Waals surface area contributed by atoms with Crippen LogP contribution in [0.5, 0.6) is 0 Å². The molecule has 2 fully saturated rings. The van der Waals surface area contributed by atoms with Crippen LogP contribution >= 0.6 is 0 Å². The van der Waals surface area contributed by atoms with Gasteiger partial charge in [-0.1, -0.05) is 18.0 Å². The minimum atomic E-state index is 0.350. The highest BCUT2D eigenvalue weighted by Gasteiger charge is 2.29. The zero-order valence-electron chi connectivity index (χ0n) is 9.23. The molecule has 0 atom stereocenters. The normalized spacial score (nSPS) is 23.9. The van der Waals surface area contributed by atoms with Crippen molar-refractivity contribution in [2.45, 2.75) is 44.6 Å². The van der Waals surface area contributed by atoms with Crippen molar-refractivity contribution in [1.29, 1.82) is 0 Å². The van der Waals surface area contributed by atoms with Crippen LogP contribution in [-0.4, -0.2) is 35.1 Å². The number of nitrogens with zero attached hydrogens (tertiary/aromatic N) is 2. The molecule has 3 N–H and O–H groups in total. The number of hydrogen-bond acceptors (Lipinski definition) is 3. The predicted octanol–water partition coefficient (Wildman–Crippen LogP) is 1.39. The number of hydrogen-bond donors (Lipinski definition) is 2. The molecule has 0 aromatic heterocycles. The van der Waals surface area contributed by atoms with Gasteiger partial charge in [0.2, 0.25) is 0 Å². The largest absolute Gasteiger partial charge is 0.409 e. The van der Waals surface area contributed by atoms with E-state index >= 15 is 0 Å². The van der Waals surface area contributed by atoms with Gasteiger partial charge in [-0.05, 0) is 31.6 Å². The van der Waals surface area contributed by atoms with E-state index in [9.17, 15) is 0 Å². The van der Waals surface area contributed by atoms with Gasteiger partial charge in [0, 0.05) is 12.6 Å². The molecular formula is C11H21N3O. The topological polar surface area (TPSA) is 61.8 Å². The standard InChI is InChI=1S/C11H21N3O/c12-11(13-15)8-14(7-9-5-6-9)10-3-1-2-4-10/h9-10,15H,1-8H2,(H2,12,13). The summed E-state index contributed by atoms with van der Waals surface area (Å²) < 4.78 is 0. The molecule has 2 aliphatic carbocycles. The minimum absolute atomic E-state index is 0.350. The van der Waals surface area contributed by atoms with Gasteiger partial charge >= 0.3 is 0 Å². The highest BCUT2D eigenvalue weighted by atomic mass is 16.4. The van der Waals surface area contributed by atoms with Crippen LogP contribution in [0, 0.1) is 5.92 Å². The Morgan fingerprint density at radius 2 is 1.93 bits per heavy atom. The lowest BCUT2D eigenvalue weighted by molar-refractivity contribution is 0.214. The van der Waals surface area contributed by atoms with E-state index in [1.807, 2.05) is 0 Å². The fourth-order valence-electron chi connectivity index (χ4n) is 2.48. The van der Waals surface area contributed by atoms with Crippen LogP contribution in [0.3, 0.4) is 0 Å². The maximum absolute atomic E-state index is 8.61. The first kappa shape index (κ1) is 10.7. The molecule has 2 saturated carbocycles. The summed E-state index contributed by atoms with van der Waals surface area (Å²) in [5.41, 5.74) is 5.60. The number of nitrogens with two attached hydrogens (primary N) is 1. The lowest BCUT2D eigenvalue weighted by Gasteiger charge is -2.28. The Morgan fingerprint density at radius 3 is 2.47 bits per heavy atom. The summed E-state index contributed by atoms with van der Waals surface area (Å²) in [6.07, 6.45) is 7.96. The summed E-state index contributed by atoms with van der Waals surface area (Å²) in [7, 11) is 0. The molecule has 0 aliphatic heterocycles. The summed E-state index contributed by atoms with van der Waals surface area (Å²) >= 11 is 0. The van der Waals surface area contributed by atoms with Crippen LogP contribution in [0.15, 0.2) is 5.16 Å². The third-order valence-corrected chi connectivity index (χ3v) is 3.52. The van der Waals surface area contributed by atoms with Crippen molar-refractivity contribution in [1.82, 2.24) is 4.90 Å². The first-order chi connectivity index (χ1) is 7.29. The van der Waals surface area contributed by atoms with Gasteiger partial charge in [-0.2, -0.15) is 0 Å². The van der Waals surface area contributed by atoms with Crippen LogP contribution in [-0.2, 0) is 0 Å². The number of rotatable bonds is 5. The lowest BCUT2D eigenvalue weighted by atomic mass is 10.2. The molecule has 15 heavy (non-hydrogen) atoms. The molecule has 0 radical (unpaired) electrons. The van der Waals surface area contributed by atoms with Gasteiger partial charge in [-0.25, -0.2) is 0 Å². The minimum Gasteiger partial charge on any atom is -0.409 e. The first-order valence-corrected chi connectivity index (χ1v) is 6.00. The van der Waals surface area contributed by atoms with Crippen LogP contribution in [0.2, 0.25) is 0 Å². The van der Waals surface area contributed by atoms with Gasteiger partial charge in [-0.3, -0.25) is 4.90 Å². The molecule has 0 saturated heterocycles. The summed E-state index contributed by atoms with van der Waals surface area (Å²) in [6, 6.07) is 0.672. The van der Waals surface area contributed by atoms with Crippen molar-refractivity contribution in [3.63, 3.8) is 0 Å². The third kappa shape index (κ3) is 3.09. The summed E-state index contributed by atoms with van der Waals surface area (Å²) in [5, 5.41) is 11.7. The summed E-state index contributed by atoms with van der Waals surface area (Å²) in [4.78, 5) is 2.42. The van der Waals surface area contributed by atoms with E-state index < -0.39 is 0 Å². The van der Waals surface area contributed by atoms with E-state index in [1.54, 1.807) is 0 Å². The molecule has 0 aromatic rings. The van der Waals surface area contributed by atoms with Gasteiger partial charge < -0.3 is 10.9 Å². The van der Waals surface area contributed by atoms with E-state index in [4.69, 9.17) is 10.9 Å². The SMILES string of the molecule is NC(CN(CC1CC1)C1CCCC1)=NO. The lowest BCUT2D eigenvalue weighted by Crippen LogP contribution is -2.41. The molecule has 4 nitrogen and oxygen atoms in total. The average molecular weight is 211 g/mol. The van der Waals surface area contributed by atoms with Gasteiger partial charge in [0.25, 0.3) is 0 Å². The Labute approximate surface area is 91.1 Å². The Balaban J connectivity index is 1.88. The van der Waals surface area contributed by atoms with Crippen molar-refractivity contribution in [3.8, 4) is 0 Å². The fourth-order valence-corrected chi connectivity index (χ4v) is 2.48. The molecule has 2 aliphatic rings. The average Bonchev–Trinajstić information content (AvgIpc) is 2.89. The molecule has 0 bridgehead atoms. The molecule has 86 valence electrons. The predicted molar refractivity (Wildman–Crippen MR) is 60.0 cm³/mol. The van der Waals surface area contributed by atoms with E-state index in [1.165, 1.54) is 38.5 Å². The second-order valence-corrected chi connectivity index (χ2v) is 4.90. The van der Waals surface area contributed by atoms with Gasteiger partial charge in [0.15, 0.2) is 5.84 Å². The monoisotopic (exact) mass is 211 g/mol. The smallest absolute Gasteiger partial charge is 0.153 e. The molecule has 0 spiro atoms. The van der Waals surface area contributed by atoms with Crippen molar-refractivity contribution < 1.29 is 5.21 Å². The van der Waals surface area contributed by atoms with Crippen LogP contribution in [0.25, 0.3) is 0 Å². The van der Waals surface area contributed by atoms with Crippen molar-refractivity contribution in [2.24, 2.45) is 16.8 Å². The molecule has 2 rings (SSSR count). The fraction of sp³-hybridized carbons (Fsp3) is 0.909. The molecule has 0 unspecified atom stereocenters. The second kappa shape index (κ2) is 4.84. The Kier molecular flexibility index (Phi) is 3.46. The Morgan fingerprint density at radius 1 is 1.27 bits per heavy atom. The van der Waals surface area contributed by atoms with Gasteiger partial charge in [-0.15, -0.1) is 0 Å². The van der Waals surface area contributed by atoms with Crippen molar-refractivity contribution in [2.75, 3.05) is 13.1 Å². The maximum Gasteiger partial charge on any atom is 0.153 e. The Hall–Kier alpha value is -0.770. The molecular weight excluding hydrogens is 190 g/mol. The highest BCUT2D eigenvalue weighted by molar-refractivity contribution is 5.81. The molecule has 0 heterocycles. The van der Waals surface area contributed by atoms with Crippen molar-refractivity contribution in [3.05, 3.63) is 0 Å². The zero-order valence-corrected chi connectivity index (χ0v) is 9.23. The van der Waals surface area contributed by atoms with E-state index in [-0.39, 0.29) is 0 Å². The third-order valence-electron chi connectivity index (χ3n) is 3.52. The van der Waals surface area contributed by atoms with Crippen LogP contribution in [0.1, 0.15) is 38.5 Å². The number of amidine groups is 1. The second-order valence-electron chi connectivity index (χ2n) is 4.90. The zero-order chi connectivity index (χ0) is 10.7. The van der Waals surface area contributed by atoms with Gasteiger partial charge in [0.1, 0.15) is 0 Å². The molecule has 4 heteroatoms. The first-order valence-electron chi connectivity index (χ1n) is 6.00. The quantitative estimate of drug-likeness (QED) is 0.312. The van der Waals surface area contributed by atoms with Crippen LogP contribution < -0.4 is 5.73 Å². The van der Waals surface area contributed by atoms with E-state index in [2.05, 4.69) is 10.1 Å².